The fourth-order valence-electron chi connectivity index (χ4n) is 4.14. The van der Waals surface area contributed by atoms with Gasteiger partial charge in [-0.05, 0) is 49.3 Å². The van der Waals surface area contributed by atoms with Crippen LogP contribution in [0.4, 0.5) is 0 Å². The predicted molar refractivity (Wildman–Crippen MR) is 94.8 cm³/mol. The van der Waals surface area contributed by atoms with Crippen LogP contribution < -0.4 is 5.73 Å². The molecule has 128 valence electrons. The first kappa shape index (κ1) is 17.5. The van der Waals surface area contributed by atoms with Gasteiger partial charge in [0.15, 0.2) is 0 Å². The number of nitrogens with two attached hydrogens (primary N) is 1. The first-order valence-electron chi connectivity index (χ1n) is 8.40. The van der Waals surface area contributed by atoms with E-state index in [1.807, 2.05) is 6.07 Å². The van der Waals surface area contributed by atoms with Crippen molar-refractivity contribution in [1.29, 1.82) is 5.26 Å². The van der Waals surface area contributed by atoms with Crippen molar-refractivity contribution < 1.29 is 4.79 Å². The quantitative estimate of drug-likeness (QED) is 0.886. The molecule has 0 unspecified atom stereocenters. The highest BCUT2D eigenvalue weighted by atomic mass is 35.5. The summed E-state index contributed by atoms with van der Waals surface area (Å²) in [6, 6.07) is 7.20. The SMILES string of the molecule is N#C[C@@H]1C[C@@H]2CCC[C@@H]2N1C(=O)C[C@H](N)Cc1ccc(Cl)cc1Cl. The van der Waals surface area contributed by atoms with Crippen LogP contribution in [0.5, 0.6) is 0 Å². The number of hydrogen-bond acceptors (Lipinski definition) is 3. The van der Waals surface area contributed by atoms with Crippen molar-refractivity contribution in [3.63, 3.8) is 0 Å². The summed E-state index contributed by atoms with van der Waals surface area (Å²) in [7, 11) is 0. The molecular weight excluding hydrogens is 345 g/mol. The summed E-state index contributed by atoms with van der Waals surface area (Å²) in [4.78, 5) is 14.5. The van der Waals surface area contributed by atoms with Gasteiger partial charge in [-0.15, -0.1) is 0 Å². The van der Waals surface area contributed by atoms with E-state index in [9.17, 15) is 10.1 Å². The Morgan fingerprint density at radius 3 is 2.92 bits per heavy atom. The van der Waals surface area contributed by atoms with Crippen LogP contribution in [0.25, 0.3) is 0 Å². The van der Waals surface area contributed by atoms with Crippen LogP contribution in [-0.2, 0) is 11.2 Å². The largest absolute Gasteiger partial charge is 0.327 e. The first-order chi connectivity index (χ1) is 11.5. The summed E-state index contributed by atoms with van der Waals surface area (Å²) in [6.45, 7) is 0. The molecule has 0 aromatic heterocycles. The molecule has 0 bridgehead atoms. The smallest absolute Gasteiger partial charge is 0.225 e. The summed E-state index contributed by atoms with van der Waals surface area (Å²) in [5.74, 6) is 0.481. The van der Waals surface area contributed by atoms with Crippen molar-refractivity contribution >= 4 is 29.1 Å². The number of benzene rings is 1. The highest BCUT2D eigenvalue weighted by molar-refractivity contribution is 6.35. The summed E-state index contributed by atoms with van der Waals surface area (Å²) in [6.07, 6.45) is 4.84. The van der Waals surface area contributed by atoms with E-state index >= 15 is 0 Å². The molecule has 0 spiro atoms. The van der Waals surface area contributed by atoms with Gasteiger partial charge in [0, 0.05) is 28.5 Å². The minimum absolute atomic E-state index is 0.00599. The Balaban J connectivity index is 1.64. The standard InChI is InChI=1S/C18H21Cl2N3O/c19-13-5-4-11(16(20)8-13)6-14(22)9-18(24)23-15(10-21)7-12-2-1-3-17(12)23/h4-5,8,12,14-15,17H,1-3,6-7,9,22H2/t12-,14+,15-,17-/m0/s1. The monoisotopic (exact) mass is 365 g/mol. The van der Waals surface area contributed by atoms with Gasteiger partial charge >= 0.3 is 0 Å². The molecule has 2 fully saturated rings. The Hall–Kier alpha value is -1.28. The molecule has 1 aliphatic heterocycles. The molecule has 1 saturated carbocycles. The van der Waals surface area contributed by atoms with E-state index < -0.39 is 0 Å². The number of nitriles is 1. The minimum Gasteiger partial charge on any atom is -0.327 e. The highest BCUT2D eigenvalue weighted by Crippen LogP contribution is 2.41. The zero-order valence-corrected chi connectivity index (χ0v) is 14.9. The van der Waals surface area contributed by atoms with Crippen LogP contribution in [0, 0.1) is 17.2 Å². The molecule has 3 rings (SSSR count). The number of halogens is 2. The summed E-state index contributed by atoms with van der Waals surface area (Å²) >= 11 is 12.1. The van der Waals surface area contributed by atoms with Gasteiger partial charge in [-0.2, -0.15) is 5.26 Å². The Kier molecular flexibility index (Phi) is 5.34. The lowest BCUT2D eigenvalue weighted by atomic mass is 10.0. The molecule has 1 aromatic carbocycles. The van der Waals surface area contributed by atoms with E-state index in [4.69, 9.17) is 28.9 Å². The summed E-state index contributed by atoms with van der Waals surface area (Å²) < 4.78 is 0. The maximum Gasteiger partial charge on any atom is 0.225 e. The van der Waals surface area contributed by atoms with Gasteiger partial charge in [-0.25, -0.2) is 0 Å². The van der Waals surface area contributed by atoms with E-state index in [1.54, 1.807) is 17.0 Å². The third-order valence-corrected chi connectivity index (χ3v) is 5.80. The molecule has 1 aromatic rings. The summed E-state index contributed by atoms with van der Waals surface area (Å²) in [5, 5.41) is 10.5. The van der Waals surface area contributed by atoms with Gasteiger partial charge in [0.25, 0.3) is 0 Å². The minimum atomic E-state index is -0.323. The molecule has 24 heavy (non-hydrogen) atoms. The number of carbonyl (C=O) groups excluding carboxylic acids is 1. The molecule has 0 radical (unpaired) electrons. The fraction of sp³-hybridized carbons (Fsp3) is 0.556. The lowest BCUT2D eigenvalue weighted by Crippen LogP contribution is -2.43. The molecule has 1 heterocycles. The second kappa shape index (κ2) is 7.31. The number of carbonyl (C=O) groups is 1. The van der Waals surface area contributed by atoms with E-state index in [2.05, 4.69) is 6.07 Å². The first-order valence-corrected chi connectivity index (χ1v) is 9.15. The maximum atomic E-state index is 12.7. The Labute approximate surface area is 152 Å². The molecule has 1 amide bonds. The average Bonchev–Trinajstić information content (AvgIpc) is 3.09. The van der Waals surface area contributed by atoms with Crippen LogP contribution in [-0.4, -0.2) is 28.9 Å². The van der Waals surface area contributed by atoms with E-state index in [1.165, 1.54) is 0 Å². The summed E-state index contributed by atoms with van der Waals surface area (Å²) in [5.41, 5.74) is 7.07. The van der Waals surface area contributed by atoms with Gasteiger partial charge in [0.1, 0.15) is 6.04 Å². The van der Waals surface area contributed by atoms with Crippen molar-refractivity contribution in [2.45, 2.75) is 56.7 Å². The van der Waals surface area contributed by atoms with Crippen molar-refractivity contribution in [3.8, 4) is 6.07 Å². The van der Waals surface area contributed by atoms with E-state index in [-0.39, 0.29) is 30.5 Å². The van der Waals surface area contributed by atoms with Crippen LogP contribution in [0.15, 0.2) is 18.2 Å². The van der Waals surface area contributed by atoms with Gasteiger partial charge in [-0.3, -0.25) is 4.79 Å². The Bertz CT molecular complexity index is 673. The van der Waals surface area contributed by atoms with Crippen LogP contribution in [0.1, 0.15) is 37.7 Å². The zero-order chi connectivity index (χ0) is 17.3. The van der Waals surface area contributed by atoms with Gasteiger partial charge in [0.2, 0.25) is 5.91 Å². The molecule has 6 heteroatoms. The molecule has 4 nitrogen and oxygen atoms in total. The van der Waals surface area contributed by atoms with Gasteiger partial charge in [-0.1, -0.05) is 35.7 Å². The number of likely N-dealkylation sites (tertiary alicyclic amines) is 1. The van der Waals surface area contributed by atoms with Crippen molar-refractivity contribution in [3.05, 3.63) is 33.8 Å². The van der Waals surface area contributed by atoms with Crippen LogP contribution >= 0.6 is 23.2 Å². The number of amides is 1. The number of hydrogen-bond donors (Lipinski definition) is 1. The molecule has 1 aliphatic carbocycles. The molecule has 2 N–H and O–H groups in total. The number of nitrogens with zero attached hydrogens (tertiary/aromatic N) is 2. The zero-order valence-electron chi connectivity index (χ0n) is 13.4. The maximum absolute atomic E-state index is 12.7. The van der Waals surface area contributed by atoms with Crippen molar-refractivity contribution in [1.82, 2.24) is 4.90 Å². The Morgan fingerprint density at radius 1 is 1.42 bits per heavy atom. The third-order valence-electron chi connectivity index (χ3n) is 5.21. The molecule has 2 aliphatic rings. The third kappa shape index (κ3) is 3.54. The lowest BCUT2D eigenvalue weighted by Gasteiger charge is -2.27. The molecular formula is C18H21Cl2N3O. The van der Waals surface area contributed by atoms with E-state index in [0.717, 1.165) is 31.2 Å². The molecule has 1 saturated heterocycles. The molecule has 4 atom stereocenters. The lowest BCUT2D eigenvalue weighted by molar-refractivity contribution is -0.133. The van der Waals surface area contributed by atoms with E-state index in [0.29, 0.717) is 22.4 Å². The number of fused-ring (bicyclic) bond motifs is 1. The predicted octanol–water partition coefficient (Wildman–Crippen LogP) is 3.55. The van der Waals surface area contributed by atoms with Crippen molar-refractivity contribution in [2.24, 2.45) is 11.7 Å². The van der Waals surface area contributed by atoms with Gasteiger partial charge in [0.05, 0.1) is 6.07 Å². The number of rotatable bonds is 4. The van der Waals surface area contributed by atoms with Crippen LogP contribution in [0.2, 0.25) is 10.0 Å². The Morgan fingerprint density at radius 2 is 2.21 bits per heavy atom. The topological polar surface area (TPSA) is 70.1 Å². The second-order valence-corrected chi connectivity index (χ2v) is 7.69. The van der Waals surface area contributed by atoms with Crippen molar-refractivity contribution in [2.75, 3.05) is 0 Å². The highest BCUT2D eigenvalue weighted by Gasteiger charge is 2.45. The normalized spacial score (nSPS) is 26.9. The second-order valence-electron chi connectivity index (χ2n) is 6.84. The fourth-order valence-corrected chi connectivity index (χ4v) is 4.62. The van der Waals surface area contributed by atoms with Gasteiger partial charge < -0.3 is 10.6 Å². The van der Waals surface area contributed by atoms with Crippen LogP contribution in [0.3, 0.4) is 0 Å². The average molecular weight is 366 g/mol.